The van der Waals surface area contributed by atoms with E-state index in [1.54, 1.807) is 4.90 Å². The van der Waals surface area contributed by atoms with Gasteiger partial charge in [-0.2, -0.15) is 5.10 Å². The molecule has 0 aliphatic carbocycles. The highest BCUT2D eigenvalue weighted by Gasteiger charge is 2.28. The van der Waals surface area contributed by atoms with Gasteiger partial charge in [-0.15, -0.1) is 0 Å². The topological polar surface area (TPSA) is 99.2 Å². The summed E-state index contributed by atoms with van der Waals surface area (Å²) < 4.78 is 8.16. The first-order valence-electron chi connectivity index (χ1n) is 8.35. The van der Waals surface area contributed by atoms with E-state index in [0.29, 0.717) is 24.8 Å². The van der Waals surface area contributed by atoms with Gasteiger partial charge < -0.3 is 15.4 Å². The normalized spacial score (nSPS) is 18.6. The van der Waals surface area contributed by atoms with Gasteiger partial charge in [0.05, 0.1) is 5.39 Å². The van der Waals surface area contributed by atoms with Gasteiger partial charge in [0.2, 0.25) is 0 Å². The SMILES string of the molecule is CC(C)(C)OC(=O)N1CCC[C@H](Cn2nc(I)c3c(N)ncnc32)C1. The Balaban J connectivity index is 1.73. The lowest BCUT2D eigenvalue weighted by Crippen LogP contribution is -2.43. The molecule has 2 N–H and O–H groups in total. The average molecular weight is 458 g/mol. The third kappa shape index (κ3) is 4.13. The molecule has 1 fully saturated rings. The number of nitrogen functional groups attached to an aromatic ring is 1. The monoisotopic (exact) mass is 458 g/mol. The molecule has 136 valence electrons. The zero-order valence-corrected chi connectivity index (χ0v) is 16.9. The fraction of sp³-hybridized carbons (Fsp3) is 0.625. The Bertz CT molecular complexity index is 785. The molecular formula is C16H23IN6O2. The number of amides is 1. The maximum atomic E-state index is 12.3. The van der Waals surface area contributed by atoms with E-state index in [1.165, 1.54) is 6.33 Å². The summed E-state index contributed by atoms with van der Waals surface area (Å²) in [7, 11) is 0. The van der Waals surface area contributed by atoms with E-state index in [-0.39, 0.29) is 6.09 Å². The molecule has 9 heteroatoms. The third-order valence-electron chi connectivity index (χ3n) is 4.12. The lowest BCUT2D eigenvalue weighted by Gasteiger charge is -2.34. The zero-order valence-electron chi connectivity index (χ0n) is 14.7. The van der Waals surface area contributed by atoms with Crippen LogP contribution in [0.15, 0.2) is 6.33 Å². The average Bonchev–Trinajstić information content (AvgIpc) is 2.83. The maximum absolute atomic E-state index is 12.3. The van der Waals surface area contributed by atoms with Gasteiger partial charge in [0.1, 0.15) is 21.4 Å². The standard InChI is InChI=1S/C16H23IN6O2/c1-16(2,3)25-15(24)22-6-4-5-10(7-22)8-23-14-11(12(17)21-23)13(18)19-9-20-14/h9-10H,4-8H2,1-3H3,(H2,18,19,20)/t10-/m0/s1. The van der Waals surface area contributed by atoms with Gasteiger partial charge >= 0.3 is 6.09 Å². The number of aromatic nitrogens is 4. The quantitative estimate of drug-likeness (QED) is 0.695. The minimum absolute atomic E-state index is 0.247. The van der Waals surface area contributed by atoms with E-state index >= 15 is 0 Å². The number of fused-ring (bicyclic) bond motifs is 1. The lowest BCUT2D eigenvalue weighted by atomic mass is 9.98. The fourth-order valence-corrected chi connectivity index (χ4v) is 3.84. The second-order valence-electron chi connectivity index (χ2n) is 7.37. The fourth-order valence-electron chi connectivity index (χ4n) is 3.06. The van der Waals surface area contributed by atoms with Gasteiger partial charge in [-0.25, -0.2) is 19.4 Å². The first kappa shape index (κ1) is 18.2. The predicted molar refractivity (Wildman–Crippen MR) is 103 cm³/mol. The Morgan fingerprint density at radius 2 is 2.20 bits per heavy atom. The highest BCUT2D eigenvalue weighted by molar-refractivity contribution is 14.1. The van der Waals surface area contributed by atoms with Crippen LogP contribution in [-0.2, 0) is 11.3 Å². The van der Waals surface area contributed by atoms with Crippen LogP contribution in [-0.4, -0.2) is 49.4 Å². The number of carbonyl (C=O) groups excluding carboxylic acids is 1. The molecular weight excluding hydrogens is 435 g/mol. The van der Waals surface area contributed by atoms with Crippen LogP contribution in [0.4, 0.5) is 10.6 Å². The molecule has 0 unspecified atom stereocenters. The van der Waals surface area contributed by atoms with Gasteiger partial charge in [-0.3, -0.25) is 0 Å². The van der Waals surface area contributed by atoms with Crippen molar-refractivity contribution in [1.82, 2.24) is 24.6 Å². The molecule has 1 aliphatic rings. The van der Waals surface area contributed by atoms with Crippen molar-refractivity contribution in [2.75, 3.05) is 18.8 Å². The molecule has 0 saturated carbocycles. The predicted octanol–water partition coefficient (Wildman–Crippen LogP) is 2.66. The first-order chi connectivity index (χ1) is 11.7. The van der Waals surface area contributed by atoms with Crippen molar-refractivity contribution in [2.45, 2.75) is 45.8 Å². The summed E-state index contributed by atoms with van der Waals surface area (Å²) in [5.74, 6) is 0.746. The summed E-state index contributed by atoms with van der Waals surface area (Å²) in [4.78, 5) is 22.5. The van der Waals surface area contributed by atoms with Crippen LogP contribution in [0.25, 0.3) is 11.0 Å². The molecule has 1 atom stereocenters. The van der Waals surface area contributed by atoms with Crippen molar-refractivity contribution in [2.24, 2.45) is 5.92 Å². The number of hydrogen-bond donors (Lipinski definition) is 1. The number of ether oxygens (including phenoxy) is 1. The molecule has 2 aromatic heterocycles. The Kier molecular flexibility index (Phi) is 5.03. The van der Waals surface area contributed by atoms with E-state index in [0.717, 1.165) is 34.1 Å². The summed E-state index contributed by atoms with van der Waals surface area (Å²) in [6.07, 6.45) is 3.21. The maximum Gasteiger partial charge on any atom is 0.410 e. The van der Waals surface area contributed by atoms with Crippen molar-refractivity contribution in [3.05, 3.63) is 10.0 Å². The minimum Gasteiger partial charge on any atom is -0.444 e. The highest BCUT2D eigenvalue weighted by atomic mass is 127. The van der Waals surface area contributed by atoms with Gasteiger partial charge in [0.25, 0.3) is 0 Å². The van der Waals surface area contributed by atoms with Crippen LogP contribution < -0.4 is 5.73 Å². The second kappa shape index (κ2) is 6.93. The molecule has 0 aromatic carbocycles. The van der Waals surface area contributed by atoms with E-state index < -0.39 is 5.60 Å². The molecule has 0 radical (unpaired) electrons. The Morgan fingerprint density at radius 3 is 2.92 bits per heavy atom. The van der Waals surface area contributed by atoms with Crippen LogP contribution in [0, 0.1) is 9.62 Å². The Labute approximate surface area is 160 Å². The Hall–Kier alpha value is -1.65. The summed E-state index contributed by atoms with van der Waals surface area (Å²) in [6, 6.07) is 0. The number of carbonyl (C=O) groups is 1. The second-order valence-corrected chi connectivity index (χ2v) is 8.39. The first-order valence-corrected chi connectivity index (χ1v) is 9.43. The molecule has 3 rings (SSSR count). The third-order valence-corrected chi connectivity index (χ3v) is 4.87. The van der Waals surface area contributed by atoms with Crippen molar-refractivity contribution in [3.8, 4) is 0 Å². The molecule has 1 aliphatic heterocycles. The number of likely N-dealkylation sites (tertiary alicyclic amines) is 1. The van der Waals surface area contributed by atoms with Crippen molar-refractivity contribution >= 4 is 45.5 Å². The number of piperidine rings is 1. The van der Waals surface area contributed by atoms with E-state index in [1.807, 2.05) is 25.5 Å². The summed E-state index contributed by atoms with van der Waals surface area (Å²) in [5, 5.41) is 5.35. The molecule has 1 saturated heterocycles. The van der Waals surface area contributed by atoms with Crippen molar-refractivity contribution < 1.29 is 9.53 Å². The molecule has 3 heterocycles. The molecule has 0 spiro atoms. The molecule has 0 bridgehead atoms. The number of anilines is 1. The zero-order chi connectivity index (χ0) is 18.2. The minimum atomic E-state index is -0.479. The number of nitrogens with two attached hydrogens (primary N) is 1. The van der Waals surface area contributed by atoms with Gasteiger partial charge in [0.15, 0.2) is 5.65 Å². The van der Waals surface area contributed by atoms with Crippen molar-refractivity contribution in [1.29, 1.82) is 0 Å². The van der Waals surface area contributed by atoms with Crippen LogP contribution >= 0.6 is 22.6 Å². The van der Waals surface area contributed by atoms with Crippen LogP contribution in [0.2, 0.25) is 0 Å². The molecule has 8 nitrogen and oxygen atoms in total. The summed E-state index contributed by atoms with van der Waals surface area (Å²) in [6.45, 7) is 7.73. The molecule has 25 heavy (non-hydrogen) atoms. The Morgan fingerprint density at radius 1 is 1.44 bits per heavy atom. The number of hydrogen-bond acceptors (Lipinski definition) is 6. The highest BCUT2D eigenvalue weighted by Crippen LogP contribution is 2.25. The van der Waals surface area contributed by atoms with Gasteiger partial charge in [-0.1, -0.05) is 0 Å². The van der Waals surface area contributed by atoms with E-state index in [4.69, 9.17) is 10.5 Å². The summed E-state index contributed by atoms with van der Waals surface area (Å²) in [5.41, 5.74) is 6.21. The smallest absolute Gasteiger partial charge is 0.410 e. The van der Waals surface area contributed by atoms with Crippen LogP contribution in [0.5, 0.6) is 0 Å². The lowest BCUT2D eigenvalue weighted by molar-refractivity contribution is 0.0156. The summed E-state index contributed by atoms with van der Waals surface area (Å²) >= 11 is 2.15. The number of halogens is 1. The molecule has 2 aromatic rings. The number of nitrogens with zero attached hydrogens (tertiary/aromatic N) is 5. The molecule has 1 amide bonds. The van der Waals surface area contributed by atoms with E-state index in [9.17, 15) is 4.79 Å². The van der Waals surface area contributed by atoms with Crippen molar-refractivity contribution in [3.63, 3.8) is 0 Å². The van der Waals surface area contributed by atoms with Crippen LogP contribution in [0.3, 0.4) is 0 Å². The van der Waals surface area contributed by atoms with E-state index in [2.05, 4.69) is 37.7 Å². The van der Waals surface area contributed by atoms with Gasteiger partial charge in [-0.05, 0) is 62.1 Å². The van der Waals surface area contributed by atoms with Gasteiger partial charge in [0, 0.05) is 19.6 Å². The van der Waals surface area contributed by atoms with Crippen LogP contribution in [0.1, 0.15) is 33.6 Å². The largest absolute Gasteiger partial charge is 0.444 e. The number of rotatable bonds is 2.